The first-order valence-corrected chi connectivity index (χ1v) is 4.77. The summed E-state index contributed by atoms with van der Waals surface area (Å²) in [7, 11) is 1.30. The molecule has 0 saturated carbocycles. The lowest BCUT2D eigenvalue weighted by molar-refractivity contribution is 0.0594. The van der Waals surface area contributed by atoms with Gasteiger partial charge in [0.2, 0.25) is 0 Å². The summed E-state index contributed by atoms with van der Waals surface area (Å²) in [5, 5.41) is 3.06. The van der Waals surface area contributed by atoms with Gasteiger partial charge in [0.05, 0.1) is 7.11 Å². The van der Waals surface area contributed by atoms with Crippen LogP contribution in [0.1, 0.15) is 23.8 Å². The van der Waals surface area contributed by atoms with E-state index in [9.17, 15) is 4.79 Å². The number of methoxy groups -OCH3 is 1. The van der Waals surface area contributed by atoms with Crippen molar-refractivity contribution in [3.05, 3.63) is 18.1 Å². The topological polar surface area (TPSA) is 64.1 Å². The van der Waals surface area contributed by atoms with E-state index in [2.05, 4.69) is 25.9 Å². The summed E-state index contributed by atoms with van der Waals surface area (Å²) in [5.41, 5.74) is 0.216. The van der Waals surface area contributed by atoms with Gasteiger partial charge in [-0.25, -0.2) is 14.8 Å². The summed E-state index contributed by atoms with van der Waals surface area (Å²) < 4.78 is 4.55. The molecule has 1 aromatic rings. The summed E-state index contributed by atoms with van der Waals surface area (Å²) in [5.74, 6) is 2.60. The van der Waals surface area contributed by atoms with Gasteiger partial charge in [-0.1, -0.05) is 0 Å². The van der Waals surface area contributed by atoms with Gasteiger partial charge in [-0.2, -0.15) is 0 Å². The average molecular weight is 219 g/mol. The molecule has 0 spiro atoms. The predicted molar refractivity (Wildman–Crippen MR) is 59.9 cm³/mol. The lowest BCUT2D eigenvalue weighted by Gasteiger charge is -2.11. The van der Waals surface area contributed by atoms with E-state index in [1.165, 1.54) is 19.5 Å². The zero-order valence-electron chi connectivity index (χ0n) is 9.23. The van der Waals surface area contributed by atoms with Crippen LogP contribution in [0.3, 0.4) is 0 Å². The number of ether oxygens (including phenoxy) is 1. The first-order valence-electron chi connectivity index (χ1n) is 4.77. The fraction of sp³-hybridized carbons (Fsp3) is 0.364. The van der Waals surface area contributed by atoms with Crippen LogP contribution in [0.5, 0.6) is 0 Å². The maximum absolute atomic E-state index is 11.2. The molecule has 5 heteroatoms. The Hall–Kier alpha value is -2.09. The van der Waals surface area contributed by atoms with Crippen molar-refractivity contribution in [1.82, 2.24) is 9.97 Å². The van der Waals surface area contributed by atoms with Crippen LogP contribution in [0.4, 0.5) is 5.82 Å². The van der Waals surface area contributed by atoms with E-state index in [0.29, 0.717) is 12.2 Å². The molecule has 84 valence electrons. The molecule has 1 heterocycles. The number of aromatic nitrogens is 2. The number of nitrogens with one attached hydrogen (secondary N) is 1. The molecular formula is C11H13N3O2. The van der Waals surface area contributed by atoms with E-state index in [4.69, 9.17) is 6.42 Å². The fourth-order valence-corrected chi connectivity index (χ4v) is 1.13. The minimum absolute atomic E-state index is 0.0883. The van der Waals surface area contributed by atoms with Gasteiger partial charge in [0.1, 0.15) is 12.1 Å². The highest BCUT2D eigenvalue weighted by atomic mass is 16.5. The third-order valence-corrected chi connectivity index (χ3v) is 1.88. The minimum Gasteiger partial charge on any atom is -0.464 e. The Labute approximate surface area is 94.2 Å². The predicted octanol–water partition coefficient (Wildman–Crippen LogP) is 1.09. The van der Waals surface area contributed by atoms with Gasteiger partial charge in [0.15, 0.2) is 5.69 Å². The van der Waals surface area contributed by atoms with E-state index < -0.39 is 5.97 Å². The molecule has 1 unspecified atom stereocenters. The molecule has 1 atom stereocenters. The third-order valence-electron chi connectivity index (χ3n) is 1.88. The first kappa shape index (κ1) is 12.0. The third kappa shape index (κ3) is 3.24. The number of carbonyl (C=O) groups is 1. The Bertz CT molecular complexity index is 412. The molecule has 16 heavy (non-hydrogen) atoms. The van der Waals surface area contributed by atoms with Crippen LogP contribution in [0.25, 0.3) is 0 Å². The van der Waals surface area contributed by atoms with Gasteiger partial charge in [-0.3, -0.25) is 0 Å². The molecule has 5 nitrogen and oxygen atoms in total. The number of hydrogen-bond acceptors (Lipinski definition) is 5. The van der Waals surface area contributed by atoms with Gasteiger partial charge in [0.25, 0.3) is 0 Å². The van der Waals surface area contributed by atoms with Gasteiger partial charge in [0, 0.05) is 18.5 Å². The number of carbonyl (C=O) groups excluding carboxylic acids is 1. The van der Waals surface area contributed by atoms with E-state index in [1.807, 2.05) is 6.92 Å². The molecule has 0 saturated heterocycles. The number of hydrogen-bond donors (Lipinski definition) is 1. The largest absolute Gasteiger partial charge is 0.464 e. The molecule has 0 aliphatic rings. The van der Waals surface area contributed by atoms with E-state index in [1.54, 1.807) is 0 Å². The Kier molecular flexibility index (Phi) is 4.28. The Morgan fingerprint density at radius 3 is 3.06 bits per heavy atom. The van der Waals surface area contributed by atoms with Crippen LogP contribution in [-0.2, 0) is 4.74 Å². The highest BCUT2D eigenvalue weighted by Crippen LogP contribution is 2.07. The summed E-state index contributed by atoms with van der Waals surface area (Å²) in [6.45, 7) is 1.93. The molecule has 1 aromatic heterocycles. The highest BCUT2D eigenvalue weighted by Gasteiger charge is 2.09. The van der Waals surface area contributed by atoms with Crippen LogP contribution >= 0.6 is 0 Å². The van der Waals surface area contributed by atoms with E-state index >= 15 is 0 Å². The Morgan fingerprint density at radius 2 is 2.44 bits per heavy atom. The van der Waals surface area contributed by atoms with Crippen molar-refractivity contribution >= 4 is 11.8 Å². The van der Waals surface area contributed by atoms with Crippen LogP contribution in [0.15, 0.2) is 12.4 Å². The average Bonchev–Trinajstić information content (AvgIpc) is 2.28. The van der Waals surface area contributed by atoms with Gasteiger partial charge >= 0.3 is 5.97 Å². The standard InChI is InChI=1S/C11H13N3O2/c1-4-5-8(2)14-10-6-9(11(15)16-3)12-7-13-10/h1,6-8H,5H2,2-3H3,(H,12,13,14). The van der Waals surface area contributed by atoms with Gasteiger partial charge in [-0.05, 0) is 6.92 Å². The normalized spacial score (nSPS) is 11.3. The molecule has 0 aromatic carbocycles. The number of esters is 1. The summed E-state index contributed by atoms with van der Waals surface area (Å²) in [6, 6.07) is 1.61. The fourth-order valence-electron chi connectivity index (χ4n) is 1.13. The smallest absolute Gasteiger partial charge is 0.356 e. The molecule has 0 aliphatic carbocycles. The zero-order chi connectivity index (χ0) is 12.0. The zero-order valence-corrected chi connectivity index (χ0v) is 9.23. The lowest BCUT2D eigenvalue weighted by atomic mass is 10.2. The number of anilines is 1. The second kappa shape index (κ2) is 5.71. The molecule has 0 fully saturated rings. The van der Waals surface area contributed by atoms with Crippen LogP contribution < -0.4 is 5.32 Å². The first-order chi connectivity index (χ1) is 7.67. The molecule has 0 aliphatic heterocycles. The Morgan fingerprint density at radius 1 is 1.69 bits per heavy atom. The molecule has 1 rings (SSSR count). The van der Waals surface area contributed by atoms with Crippen molar-refractivity contribution < 1.29 is 9.53 Å². The van der Waals surface area contributed by atoms with Crippen molar-refractivity contribution in [1.29, 1.82) is 0 Å². The Balaban J connectivity index is 2.75. The summed E-state index contributed by atoms with van der Waals surface area (Å²) in [6.07, 6.45) is 7.07. The van der Waals surface area contributed by atoms with E-state index in [0.717, 1.165) is 0 Å². The van der Waals surface area contributed by atoms with Crippen molar-refractivity contribution in [3.63, 3.8) is 0 Å². The van der Waals surface area contributed by atoms with Crippen LogP contribution in [0.2, 0.25) is 0 Å². The molecule has 0 radical (unpaired) electrons. The van der Waals surface area contributed by atoms with Gasteiger partial charge < -0.3 is 10.1 Å². The van der Waals surface area contributed by atoms with Crippen molar-refractivity contribution in [3.8, 4) is 12.3 Å². The van der Waals surface area contributed by atoms with Crippen molar-refractivity contribution in [2.24, 2.45) is 0 Å². The molecule has 1 N–H and O–H groups in total. The second-order valence-electron chi connectivity index (χ2n) is 3.23. The molecule has 0 bridgehead atoms. The summed E-state index contributed by atoms with van der Waals surface area (Å²) in [4.78, 5) is 19.0. The van der Waals surface area contributed by atoms with Crippen molar-refractivity contribution in [2.45, 2.75) is 19.4 Å². The number of nitrogens with zero attached hydrogens (tertiary/aromatic N) is 2. The van der Waals surface area contributed by atoms with Crippen LogP contribution in [0, 0.1) is 12.3 Å². The second-order valence-corrected chi connectivity index (χ2v) is 3.23. The summed E-state index contributed by atoms with van der Waals surface area (Å²) >= 11 is 0. The maximum Gasteiger partial charge on any atom is 0.356 e. The minimum atomic E-state index is -0.491. The maximum atomic E-state index is 11.2. The van der Waals surface area contributed by atoms with E-state index in [-0.39, 0.29) is 11.7 Å². The highest BCUT2D eigenvalue weighted by molar-refractivity contribution is 5.87. The quantitative estimate of drug-likeness (QED) is 0.606. The molecular weight excluding hydrogens is 206 g/mol. The van der Waals surface area contributed by atoms with Crippen LogP contribution in [-0.4, -0.2) is 29.1 Å². The van der Waals surface area contributed by atoms with Gasteiger partial charge in [-0.15, -0.1) is 12.3 Å². The lowest BCUT2D eigenvalue weighted by Crippen LogP contribution is -2.16. The number of rotatable bonds is 4. The molecule has 0 amide bonds. The SMILES string of the molecule is C#CCC(C)Nc1cc(C(=O)OC)ncn1. The van der Waals surface area contributed by atoms with Crippen molar-refractivity contribution in [2.75, 3.05) is 12.4 Å². The monoisotopic (exact) mass is 219 g/mol. The number of terminal acetylenes is 1.